The monoisotopic (exact) mass is 199 g/mol. The Morgan fingerprint density at radius 3 is 2.87 bits per heavy atom. The summed E-state index contributed by atoms with van der Waals surface area (Å²) in [5.41, 5.74) is 4.64. The number of aromatic nitrogens is 1. The lowest BCUT2D eigenvalue weighted by molar-refractivity contribution is 0.0973. The van der Waals surface area contributed by atoms with Crippen molar-refractivity contribution < 1.29 is 4.79 Å². The summed E-state index contributed by atoms with van der Waals surface area (Å²) < 4.78 is 2.28. The standard InChI is InChI=1S/C13H13NO/c1-8-9(2)14-7-6-12(15)11-5-3-4-10(8)13(11)14/h3-5H,6-7H2,1-2H3. The number of nitrogens with zero attached hydrogens (tertiary/aromatic N) is 1. The van der Waals surface area contributed by atoms with E-state index in [-0.39, 0.29) is 5.78 Å². The normalized spacial score (nSPS) is 14.9. The van der Waals surface area contributed by atoms with E-state index in [1.165, 1.54) is 16.6 Å². The average molecular weight is 199 g/mol. The molecule has 1 aliphatic rings. The molecule has 15 heavy (non-hydrogen) atoms. The topological polar surface area (TPSA) is 22.0 Å². The molecule has 3 rings (SSSR count). The average Bonchev–Trinajstić information content (AvgIpc) is 2.50. The second-order valence-electron chi connectivity index (χ2n) is 4.24. The van der Waals surface area contributed by atoms with E-state index in [4.69, 9.17) is 0 Å². The van der Waals surface area contributed by atoms with Crippen LogP contribution in [0.3, 0.4) is 0 Å². The Morgan fingerprint density at radius 1 is 1.27 bits per heavy atom. The van der Waals surface area contributed by atoms with E-state index < -0.39 is 0 Å². The highest BCUT2D eigenvalue weighted by atomic mass is 16.1. The van der Waals surface area contributed by atoms with Gasteiger partial charge >= 0.3 is 0 Å². The predicted molar refractivity (Wildman–Crippen MR) is 60.4 cm³/mol. The van der Waals surface area contributed by atoms with Crippen molar-refractivity contribution in [2.45, 2.75) is 26.8 Å². The van der Waals surface area contributed by atoms with Gasteiger partial charge in [0.05, 0.1) is 5.52 Å². The highest BCUT2D eigenvalue weighted by molar-refractivity contribution is 6.09. The molecule has 2 heteroatoms. The Morgan fingerprint density at radius 2 is 2.07 bits per heavy atom. The van der Waals surface area contributed by atoms with Gasteiger partial charge < -0.3 is 4.57 Å². The molecule has 2 heterocycles. The summed E-state index contributed by atoms with van der Waals surface area (Å²) in [7, 11) is 0. The maximum Gasteiger partial charge on any atom is 0.166 e. The van der Waals surface area contributed by atoms with Gasteiger partial charge in [0.2, 0.25) is 0 Å². The molecular formula is C13H13NO. The second kappa shape index (κ2) is 2.72. The van der Waals surface area contributed by atoms with Gasteiger partial charge in [0.15, 0.2) is 5.78 Å². The highest BCUT2D eigenvalue weighted by Gasteiger charge is 2.22. The molecule has 0 N–H and O–H groups in total. The van der Waals surface area contributed by atoms with Crippen molar-refractivity contribution in [2.24, 2.45) is 0 Å². The molecule has 0 radical (unpaired) electrons. The lowest BCUT2D eigenvalue weighted by atomic mass is 10.0. The first-order valence-corrected chi connectivity index (χ1v) is 5.32. The second-order valence-corrected chi connectivity index (χ2v) is 4.24. The number of rotatable bonds is 0. The van der Waals surface area contributed by atoms with Crippen LogP contribution in [-0.4, -0.2) is 10.4 Å². The third-order valence-electron chi connectivity index (χ3n) is 3.52. The maximum absolute atomic E-state index is 11.8. The van der Waals surface area contributed by atoms with Gasteiger partial charge in [-0.3, -0.25) is 4.79 Å². The first-order valence-electron chi connectivity index (χ1n) is 5.32. The van der Waals surface area contributed by atoms with Crippen LogP contribution in [-0.2, 0) is 6.54 Å². The number of hydrogen-bond acceptors (Lipinski definition) is 1. The zero-order valence-electron chi connectivity index (χ0n) is 9.00. The SMILES string of the molecule is Cc1c(C)n2c3c(cccc13)C(=O)CC2. The van der Waals surface area contributed by atoms with Crippen LogP contribution in [0.25, 0.3) is 10.9 Å². The van der Waals surface area contributed by atoms with Gasteiger partial charge in [0.25, 0.3) is 0 Å². The van der Waals surface area contributed by atoms with Crippen molar-refractivity contribution in [3.05, 3.63) is 35.0 Å². The number of carbonyl (C=O) groups excluding carboxylic acids is 1. The molecule has 0 spiro atoms. The molecule has 0 bridgehead atoms. The van der Waals surface area contributed by atoms with Crippen molar-refractivity contribution in [1.29, 1.82) is 0 Å². The molecule has 0 saturated carbocycles. The molecule has 1 aliphatic heterocycles. The predicted octanol–water partition coefficient (Wildman–Crippen LogP) is 2.84. The van der Waals surface area contributed by atoms with Gasteiger partial charge in [-0.15, -0.1) is 0 Å². The van der Waals surface area contributed by atoms with Gasteiger partial charge in [-0.05, 0) is 25.5 Å². The van der Waals surface area contributed by atoms with Gasteiger partial charge in [0.1, 0.15) is 0 Å². The molecule has 0 amide bonds. The summed E-state index contributed by atoms with van der Waals surface area (Å²) in [6.07, 6.45) is 0.640. The van der Waals surface area contributed by atoms with E-state index in [0.717, 1.165) is 17.6 Å². The third kappa shape index (κ3) is 0.965. The first-order chi connectivity index (χ1) is 7.20. The van der Waals surface area contributed by atoms with E-state index in [9.17, 15) is 4.79 Å². The molecule has 0 atom stereocenters. The fourth-order valence-electron chi connectivity index (χ4n) is 2.55. The number of aryl methyl sites for hydroxylation is 2. The minimum atomic E-state index is 0.283. The summed E-state index contributed by atoms with van der Waals surface area (Å²) in [5, 5.41) is 1.23. The van der Waals surface area contributed by atoms with Crippen LogP contribution in [0.15, 0.2) is 18.2 Å². The molecular weight excluding hydrogens is 186 g/mol. The van der Waals surface area contributed by atoms with Gasteiger partial charge in [-0.2, -0.15) is 0 Å². The summed E-state index contributed by atoms with van der Waals surface area (Å²) in [6.45, 7) is 5.11. The van der Waals surface area contributed by atoms with Crippen LogP contribution in [0.5, 0.6) is 0 Å². The van der Waals surface area contributed by atoms with E-state index in [2.05, 4.69) is 24.5 Å². The number of benzene rings is 1. The van der Waals surface area contributed by atoms with Gasteiger partial charge in [-0.1, -0.05) is 12.1 Å². The molecule has 0 saturated heterocycles. The van der Waals surface area contributed by atoms with Crippen molar-refractivity contribution in [3.63, 3.8) is 0 Å². The molecule has 76 valence electrons. The van der Waals surface area contributed by atoms with Crippen LogP contribution < -0.4 is 0 Å². The minimum absolute atomic E-state index is 0.283. The largest absolute Gasteiger partial charge is 0.344 e. The van der Waals surface area contributed by atoms with Crippen molar-refractivity contribution in [3.8, 4) is 0 Å². The minimum Gasteiger partial charge on any atom is -0.344 e. The van der Waals surface area contributed by atoms with Crippen LogP contribution in [0.2, 0.25) is 0 Å². The van der Waals surface area contributed by atoms with E-state index in [1.54, 1.807) is 0 Å². The zero-order chi connectivity index (χ0) is 10.6. The summed E-state index contributed by atoms with van der Waals surface area (Å²) in [5.74, 6) is 0.283. The number of hydrogen-bond donors (Lipinski definition) is 0. The van der Waals surface area contributed by atoms with Crippen LogP contribution in [0.1, 0.15) is 28.0 Å². The fraction of sp³-hybridized carbons (Fsp3) is 0.308. The lowest BCUT2D eigenvalue weighted by Crippen LogP contribution is -2.14. The lowest BCUT2D eigenvalue weighted by Gasteiger charge is -2.15. The number of para-hydroxylation sites is 1. The summed E-state index contributed by atoms with van der Waals surface area (Å²) in [6, 6.07) is 6.03. The number of carbonyl (C=O) groups is 1. The van der Waals surface area contributed by atoms with Crippen molar-refractivity contribution in [2.75, 3.05) is 0 Å². The van der Waals surface area contributed by atoms with Crippen molar-refractivity contribution in [1.82, 2.24) is 4.57 Å². The molecule has 0 fully saturated rings. The van der Waals surface area contributed by atoms with Crippen LogP contribution >= 0.6 is 0 Å². The molecule has 2 nitrogen and oxygen atoms in total. The number of ketones is 1. The Labute approximate surface area is 88.5 Å². The smallest absolute Gasteiger partial charge is 0.166 e. The maximum atomic E-state index is 11.8. The fourth-order valence-corrected chi connectivity index (χ4v) is 2.55. The van der Waals surface area contributed by atoms with Crippen LogP contribution in [0.4, 0.5) is 0 Å². The zero-order valence-corrected chi connectivity index (χ0v) is 9.00. The third-order valence-corrected chi connectivity index (χ3v) is 3.52. The highest BCUT2D eigenvalue weighted by Crippen LogP contribution is 2.31. The first kappa shape index (κ1) is 8.72. The van der Waals surface area contributed by atoms with Gasteiger partial charge in [0, 0.05) is 29.6 Å². The van der Waals surface area contributed by atoms with Crippen molar-refractivity contribution >= 4 is 16.7 Å². The molecule has 0 unspecified atom stereocenters. The molecule has 2 aromatic rings. The van der Waals surface area contributed by atoms with Gasteiger partial charge in [-0.25, -0.2) is 0 Å². The molecule has 1 aromatic heterocycles. The van der Waals surface area contributed by atoms with Crippen LogP contribution in [0, 0.1) is 13.8 Å². The quantitative estimate of drug-likeness (QED) is 0.639. The Kier molecular flexibility index (Phi) is 1.58. The van der Waals surface area contributed by atoms with E-state index >= 15 is 0 Å². The summed E-state index contributed by atoms with van der Waals surface area (Å²) in [4.78, 5) is 11.8. The molecule has 1 aromatic carbocycles. The summed E-state index contributed by atoms with van der Waals surface area (Å²) >= 11 is 0. The Hall–Kier alpha value is -1.57. The number of Topliss-reactive ketones (excluding diaryl/α,β-unsaturated/α-hetero) is 1. The Balaban J connectivity index is 2.56. The Bertz CT molecular complexity index is 578. The van der Waals surface area contributed by atoms with E-state index in [1.807, 2.05) is 12.1 Å². The molecule has 0 aliphatic carbocycles. The van der Waals surface area contributed by atoms with E-state index in [0.29, 0.717) is 6.42 Å².